The van der Waals surface area contributed by atoms with Crippen LogP contribution in [0.2, 0.25) is 0 Å². The summed E-state index contributed by atoms with van der Waals surface area (Å²) in [6.45, 7) is 4.72. The smallest absolute Gasteiger partial charge is 0.0544 e. The third-order valence-electron chi connectivity index (χ3n) is 13.6. The number of hydrogen-bond donors (Lipinski definition) is 0. The lowest BCUT2D eigenvalue weighted by Crippen LogP contribution is -2.14. The highest BCUT2D eigenvalue weighted by Gasteiger charge is 2.36. The van der Waals surface area contributed by atoms with Crippen LogP contribution in [0.15, 0.2) is 249 Å². The Kier molecular flexibility index (Phi) is 9.50. The van der Waals surface area contributed by atoms with E-state index in [4.69, 9.17) is 0 Å². The van der Waals surface area contributed by atoms with Gasteiger partial charge in [-0.1, -0.05) is 159 Å². The minimum absolute atomic E-state index is 0.0754. The number of anilines is 6. The van der Waals surface area contributed by atoms with Crippen molar-refractivity contribution in [2.24, 2.45) is 0 Å². The Balaban J connectivity index is 0.895. The Hall–Kier alpha value is -8.40. The zero-order valence-electron chi connectivity index (χ0n) is 37.0. The maximum absolute atomic E-state index is 2.45. The maximum Gasteiger partial charge on any atom is 0.0544 e. The lowest BCUT2D eigenvalue weighted by Gasteiger charge is -2.28. The lowest BCUT2D eigenvalue weighted by molar-refractivity contribution is 0.661. The molecule has 0 unspecified atom stereocenters. The van der Waals surface area contributed by atoms with Crippen LogP contribution in [-0.2, 0) is 5.41 Å². The van der Waals surface area contributed by atoms with Gasteiger partial charge in [-0.15, -0.1) is 0 Å². The topological polar surface area (TPSA) is 11.4 Å². The van der Waals surface area contributed by atoms with Crippen molar-refractivity contribution in [1.29, 1.82) is 0 Å². The van der Waals surface area contributed by atoms with Crippen molar-refractivity contribution < 1.29 is 0 Å². The molecule has 314 valence electrons. The maximum atomic E-state index is 2.45. The molecule has 0 fully saturated rings. The number of rotatable bonds is 9. The molecule has 11 aromatic rings. The molecule has 0 atom stereocenters. The molecule has 66 heavy (non-hydrogen) atoms. The molecule has 0 N–H and O–H groups in total. The minimum Gasteiger partial charge on any atom is -0.311 e. The monoisotopic (exact) mass is 845 g/mol. The highest BCUT2D eigenvalue weighted by atomic mass is 15.2. The number of nitrogens with zero attached hydrogens (tertiary/aromatic N) is 3. The van der Waals surface area contributed by atoms with Gasteiger partial charge in [0.25, 0.3) is 0 Å². The quantitative estimate of drug-likeness (QED) is 0.143. The van der Waals surface area contributed by atoms with E-state index in [2.05, 4.69) is 277 Å². The molecule has 1 aromatic heterocycles. The van der Waals surface area contributed by atoms with Crippen molar-refractivity contribution >= 4 is 55.9 Å². The second kappa shape index (κ2) is 16.0. The molecular weight excluding hydrogens is 799 g/mol. The summed E-state index contributed by atoms with van der Waals surface area (Å²) in [6.07, 6.45) is 0. The lowest BCUT2D eigenvalue weighted by atomic mass is 9.82. The van der Waals surface area contributed by atoms with Crippen molar-refractivity contribution in [2.45, 2.75) is 19.3 Å². The van der Waals surface area contributed by atoms with Crippen molar-refractivity contribution in [1.82, 2.24) is 4.57 Å². The van der Waals surface area contributed by atoms with Gasteiger partial charge in [-0.25, -0.2) is 0 Å². The van der Waals surface area contributed by atoms with Gasteiger partial charge in [0, 0.05) is 56.0 Å². The van der Waals surface area contributed by atoms with E-state index in [-0.39, 0.29) is 5.41 Å². The Morgan fingerprint density at radius 2 is 0.712 bits per heavy atom. The molecule has 10 aromatic carbocycles. The molecule has 0 amide bonds. The highest BCUT2D eigenvalue weighted by molar-refractivity contribution is 6.11. The summed E-state index contributed by atoms with van der Waals surface area (Å²) in [5, 5.41) is 2.56. The number of aromatic nitrogens is 1. The molecule has 0 aliphatic heterocycles. The van der Waals surface area contributed by atoms with Crippen molar-refractivity contribution in [3.8, 4) is 39.1 Å². The van der Waals surface area contributed by atoms with Crippen LogP contribution in [0.3, 0.4) is 0 Å². The van der Waals surface area contributed by atoms with Gasteiger partial charge < -0.3 is 14.4 Å². The molecule has 0 saturated carbocycles. The normalized spacial score (nSPS) is 12.5. The van der Waals surface area contributed by atoms with E-state index in [0.29, 0.717) is 0 Å². The second-order valence-corrected chi connectivity index (χ2v) is 17.8. The van der Waals surface area contributed by atoms with E-state index < -0.39 is 0 Å². The Morgan fingerprint density at radius 1 is 0.303 bits per heavy atom. The van der Waals surface area contributed by atoms with Crippen LogP contribution in [0.4, 0.5) is 34.1 Å². The summed E-state index contributed by atoms with van der Waals surface area (Å²) >= 11 is 0. The Morgan fingerprint density at radius 3 is 1.26 bits per heavy atom. The van der Waals surface area contributed by atoms with Gasteiger partial charge in [0.1, 0.15) is 0 Å². The number of benzene rings is 10. The van der Waals surface area contributed by atoms with Gasteiger partial charge in [-0.05, 0) is 148 Å². The molecule has 1 heterocycles. The predicted octanol–water partition coefficient (Wildman–Crippen LogP) is 17.4. The third kappa shape index (κ3) is 6.67. The van der Waals surface area contributed by atoms with Gasteiger partial charge in [0.2, 0.25) is 0 Å². The minimum atomic E-state index is -0.0754. The third-order valence-corrected chi connectivity index (χ3v) is 13.6. The van der Waals surface area contributed by atoms with Crippen molar-refractivity contribution in [2.75, 3.05) is 9.80 Å². The van der Waals surface area contributed by atoms with E-state index in [0.717, 1.165) is 39.8 Å². The fraction of sp³-hybridized carbons (Fsp3) is 0.0476. The van der Waals surface area contributed by atoms with Crippen LogP contribution in [0.5, 0.6) is 0 Å². The summed E-state index contributed by atoms with van der Waals surface area (Å²) in [6, 6.07) is 90.2. The highest BCUT2D eigenvalue weighted by Crippen LogP contribution is 2.51. The number of fused-ring (bicyclic) bond motifs is 6. The largest absolute Gasteiger partial charge is 0.311 e. The summed E-state index contributed by atoms with van der Waals surface area (Å²) in [7, 11) is 0. The molecule has 1 aliphatic carbocycles. The van der Waals surface area contributed by atoms with E-state index in [1.54, 1.807) is 0 Å². The zero-order valence-corrected chi connectivity index (χ0v) is 37.0. The molecule has 3 heteroatoms. The van der Waals surface area contributed by atoms with Crippen molar-refractivity contribution in [3.63, 3.8) is 0 Å². The zero-order chi connectivity index (χ0) is 44.2. The second-order valence-electron chi connectivity index (χ2n) is 17.8. The summed E-state index contributed by atoms with van der Waals surface area (Å²) in [5.74, 6) is 0. The molecule has 12 rings (SSSR count). The average Bonchev–Trinajstić information content (AvgIpc) is 3.82. The number of hydrogen-bond acceptors (Lipinski definition) is 2. The van der Waals surface area contributed by atoms with Crippen LogP contribution in [0.1, 0.15) is 25.0 Å². The van der Waals surface area contributed by atoms with Crippen molar-refractivity contribution in [3.05, 3.63) is 260 Å². The molecule has 0 spiro atoms. The summed E-state index contributed by atoms with van der Waals surface area (Å²) in [5.41, 5.74) is 20.3. The van der Waals surface area contributed by atoms with Gasteiger partial charge in [-0.3, -0.25) is 0 Å². The van der Waals surface area contributed by atoms with Crippen LogP contribution in [0, 0.1) is 0 Å². The fourth-order valence-electron chi connectivity index (χ4n) is 10.3. The summed E-state index contributed by atoms with van der Waals surface area (Å²) in [4.78, 5) is 4.65. The van der Waals surface area contributed by atoms with E-state index >= 15 is 0 Å². The van der Waals surface area contributed by atoms with Crippen LogP contribution in [0.25, 0.3) is 60.9 Å². The van der Waals surface area contributed by atoms with E-state index in [1.165, 1.54) is 66.3 Å². The number of para-hydroxylation sites is 3. The standard InChI is InChI=1S/C63H47N3/c1-63(2)59-24-14-12-22-55(59)57-42-58-56-23-13-15-25-61(56)66(62(58)43-60(57)63)54-36-30-47(31-37-54)46-28-34-51(35-29-46)65(50-32-26-45(27-33-50)44-16-6-3-7-17-44)53-40-38-52(39-41-53)64(48-18-8-4-9-19-48)49-20-10-5-11-21-49/h3-43H,1-2H3. The molecule has 0 radical (unpaired) electrons. The first-order valence-corrected chi connectivity index (χ1v) is 22.8. The molecular formula is C63H47N3. The van der Waals surface area contributed by atoms with Crippen LogP contribution < -0.4 is 9.80 Å². The van der Waals surface area contributed by atoms with E-state index in [9.17, 15) is 0 Å². The molecule has 1 aliphatic rings. The molecule has 0 saturated heterocycles. The van der Waals surface area contributed by atoms with Gasteiger partial charge in [0.05, 0.1) is 11.0 Å². The van der Waals surface area contributed by atoms with Gasteiger partial charge in [-0.2, -0.15) is 0 Å². The Labute approximate surface area is 386 Å². The first kappa shape index (κ1) is 39.2. The van der Waals surface area contributed by atoms with E-state index in [1.807, 2.05) is 0 Å². The SMILES string of the molecule is CC1(C)c2ccccc2-c2cc3c4ccccc4n(-c4ccc(-c5ccc(N(c6ccc(-c7ccccc7)cc6)c6ccc(N(c7ccccc7)c7ccccc7)cc6)cc5)cc4)c3cc21. The first-order chi connectivity index (χ1) is 32.5. The predicted molar refractivity (Wildman–Crippen MR) is 279 cm³/mol. The first-order valence-electron chi connectivity index (χ1n) is 22.8. The van der Waals surface area contributed by atoms with Gasteiger partial charge >= 0.3 is 0 Å². The average molecular weight is 846 g/mol. The molecule has 3 nitrogen and oxygen atoms in total. The van der Waals surface area contributed by atoms with Gasteiger partial charge in [0.15, 0.2) is 0 Å². The molecule has 0 bridgehead atoms. The summed E-state index contributed by atoms with van der Waals surface area (Å²) < 4.78 is 2.45. The van der Waals surface area contributed by atoms with Crippen LogP contribution in [-0.4, -0.2) is 4.57 Å². The fourth-order valence-corrected chi connectivity index (χ4v) is 10.3. The Bertz CT molecular complexity index is 3460. The van der Waals surface area contributed by atoms with Crippen LogP contribution >= 0.6 is 0 Å².